The maximum Gasteiger partial charge on any atom is -0.00164 e. The van der Waals surface area contributed by atoms with Crippen molar-refractivity contribution in [1.29, 1.82) is 0 Å². The first-order chi connectivity index (χ1) is 13.9. The Labute approximate surface area is 180 Å². The molecule has 0 bridgehead atoms. The van der Waals surface area contributed by atoms with Gasteiger partial charge in [-0.3, -0.25) is 0 Å². The van der Waals surface area contributed by atoms with E-state index < -0.39 is 0 Å². The van der Waals surface area contributed by atoms with Gasteiger partial charge in [0.1, 0.15) is 0 Å². The Morgan fingerprint density at radius 2 is 1.83 bits per heavy atom. The van der Waals surface area contributed by atoms with Crippen LogP contribution in [0.4, 0.5) is 0 Å². The molecule has 0 aromatic heterocycles. The zero-order valence-electron chi connectivity index (χ0n) is 19.7. The van der Waals surface area contributed by atoms with Gasteiger partial charge >= 0.3 is 0 Å². The van der Waals surface area contributed by atoms with E-state index in [1.807, 2.05) is 0 Å². The van der Waals surface area contributed by atoms with E-state index in [0.29, 0.717) is 11.3 Å². The van der Waals surface area contributed by atoms with E-state index in [9.17, 15) is 0 Å². The molecule has 1 aromatic carbocycles. The molecular formula is C29H44. The second kappa shape index (κ2) is 8.24. The summed E-state index contributed by atoms with van der Waals surface area (Å²) in [5.41, 5.74) is 5.09. The van der Waals surface area contributed by atoms with Gasteiger partial charge in [-0.1, -0.05) is 77.5 Å². The molecule has 0 amide bonds. The van der Waals surface area contributed by atoms with Crippen LogP contribution in [0.1, 0.15) is 96.6 Å². The second-order valence-corrected chi connectivity index (χ2v) is 11.3. The fraction of sp³-hybridized carbons (Fsp3) is 0.724. The van der Waals surface area contributed by atoms with Crippen molar-refractivity contribution in [2.24, 2.45) is 40.9 Å². The van der Waals surface area contributed by atoms with Gasteiger partial charge in [0.2, 0.25) is 0 Å². The third-order valence-corrected chi connectivity index (χ3v) is 9.56. The highest BCUT2D eigenvalue weighted by Gasteiger charge is 2.63. The lowest BCUT2D eigenvalue weighted by Gasteiger charge is -2.60. The molecule has 0 heteroatoms. The number of allylic oxidation sites excluding steroid dienone is 1. The first kappa shape index (κ1) is 21.2. The lowest BCUT2D eigenvalue weighted by atomic mass is 9.44. The van der Waals surface area contributed by atoms with E-state index >= 15 is 0 Å². The smallest absolute Gasteiger partial charge is 0.00164 e. The van der Waals surface area contributed by atoms with Gasteiger partial charge in [0, 0.05) is 0 Å². The number of rotatable bonds is 7. The van der Waals surface area contributed by atoms with Crippen LogP contribution in [0, 0.1) is 40.9 Å². The molecule has 4 rings (SSSR count). The van der Waals surface area contributed by atoms with Crippen LogP contribution < -0.4 is 0 Å². The quantitative estimate of drug-likeness (QED) is 0.408. The van der Waals surface area contributed by atoms with Crippen LogP contribution in [0.3, 0.4) is 0 Å². The van der Waals surface area contributed by atoms with Gasteiger partial charge in [0.25, 0.3) is 0 Å². The molecule has 3 aliphatic carbocycles. The fourth-order valence-corrected chi connectivity index (χ4v) is 8.18. The summed E-state index contributed by atoms with van der Waals surface area (Å²) >= 11 is 0. The Balaban J connectivity index is 1.59. The summed E-state index contributed by atoms with van der Waals surface area (Å²) in [5, 5.41) is 0. The lowest BCUT2D eigenvalue weighted by molar-refractivity contribution is -0.0105. The molecule has 160 valence electrons. The van der Waals surface area contributed by atoms with Crippen molar-refractivity contribution in [2.45, 2.75) is 91.9 Å². The minimum absolute atomic E-state index is 0.315. The van der Waals surface area contributed by atoms with Gasteiger partial charge in [-0.05, 0) is 103 Å². The van der Waals surface area contributed by atoms with Crippen LogP contribution in [0.5, 0.6) is 0 Å². The number of benzene rings is 1. The number of hydrogen-bond acceptors (Lipinski definition) is 0. The number of fused-ring (bicyclic) bond motifs is 1. The summed E-state index contributed by atoms with van der Waals surface area (Å²) in [6, 6.07) is 9.33. The summed E-state index contributed by atoms with van der Waals surface area (Å²) in [4.78, 5) is 0. The largest absolute Gasteiger partial charge is 0.0993 e. The van der Waals surface area contributed by atoms with Crippen molar-refractivity contribution < 1.29 is 0 Å². The molecule has 1 aromatic rings. The number of aryl methyl sites for hydroxylation is 1. The Morgan fingerprint density at radius 1 is 1.07 bits per heavy atom. The van der Waals surface area contributed by atoms with Crippen LogP contribution in [0.15, 0.2) is 36.4 Å². The highest BCUT2D eigenvalue weighted by molar-refractivity contribution is 5.41. The van der Waals surface area contributed by atoms with Crippen molar-refractivity contribution in [1.82, 2.24) is 0 Å². The maximum absolute atomic E-state index is 4.68. The molecule has 3 aliphatic rings. The van der Waals surface area contributed by atoms with E-state index in [1.165, 1.54) is 44.9 Å². The molecular weight excluding hydrogens is 348 g/mol. The Morgan fingerprint density at radius 3 is 2.48 bits per heavy atom. The third-order valence-electron chi connectivity index (χ3n) is 9.56. The van der Waals surface area contributed by atoms with Gasteiger partial charge in [0.15, 0.2) is 0 Å². The lowest BCUT2D eigenvalue weighted by Crippen LogP contribution is -2.52. The van der Waals surface area contributed by atoms with Gasteiger partial charge < -0.3 is 0 Å². The van der Waals surface area contributed by atoms with E-state index in [2.05, 4.69) is 65.5 Å². The zero-order chi connectivity index (χ0) is 20.8. The van der Waals surface area contributed by atoms with Crippen molar-refractivity contribution >= 4 is 0 Å². The average Bonchev–Trinajstić information content (AvgIpc) is 3.22. The average molecular weight is 393 g/mol. The standard InChI is InChI=1S/C29H44/c1-7-11-21(5)29(6)27-18-22(16-24-15-19(3)14-20(24)4)17-26(27)28(29)25-13-10-9-12-23(25)8-2/h9-10,12-13,19-20,22,24,26-28H,5,7-8,11,14-18H2,1-4,6H3/t19?,20-,22-,24?,26?,27?,28?,29?/m1/s1. The molecule has 0 saturated heterocycles. The summed E-state index contributed by atoms with van der Waals surface area (Å²) in [5.74, 6) is 6.30. The fourth-order valence-electron chi connectivity index (χ4n) is 8.18. The molecule has 3 saturated carbocycles. The first-order valence-electron chi connectivity index (χ1n) is 12.7. The van der Waals surface area contributed by atoms with E-state index in [-0.39, 0.29) is 0 Å². The molecule has 6 unspecified atom stereocenters. The van der Waals surface area contributed by atoms with Crippen molar-refractivity contribution in [3.8, 4) is 0 Å². The molecule has 0 N–H and O–H groups in total. The normalized spacial score (nSPS) is 41.2. The van der Waals surface area contributed by atoms with Crippen LogP contribution in [0.25, 0.3) is 0 Å². The molecule has 29 heavy (non-hydrogen) atoms. The summed E-state index contributed by atoms with van der Waals surface area (Å²) in [7, 11) is 0. The van der Waals surface area contributed by atoms with E-state index in [0.717, 1.165) is 41.9 Å². The van der Waals surface area contributed by atoms with E-state index in [1.54, 1.807) is 16.7 Å². The molecule has 0 nitrogen and oxygen atoms in total. The predicted molar refractivity (Wildman–Crippen MR) is 126 cm³/mol. The first-order valence-corrected chi connectivity index (χ1v) is 12.7. The number of hydrogen-bond donors (Lipinski definition) is 0. The minimum atomic E-state index is 0.315. The summed E-state index contributed by atoms with van der Waals surface area (Å²) in [6.07, 6.45) is 11.0. The Kier molecular flexibility index (Phi) is 6.02. The van der Waals surface area contributed by atoms with Crippen LogP contribution >= 0.6 is 0 Å². The van der Waals surface area contributed by atoms with Crippen molar-refractivity contribution in [3.05, 3.63) is 47.5 Å². The topological polar surface area (TPSA) is 0 Å². The van der Waals surface area contributed by atoms with Crippen molar-refractivity contribution in [3.63, 3.8) is 0 Å². The molecule has 0 radical (unpaired) electrons. The van der Waals surface area contributed by atoms with E-state index in [4.69, 9.17) is 0 Å². The van der Waals surface area contributed by atoms with Gasteiger partial charge in [-0.25, -0.2) is 0 Å². The molecule has 0 aliphatic heterocycles. The molecule has 0 spiro atoms. The highest BCUT2D eigenvalue weighted by Crippen LogP contribution is 2.72. The third kappa shape index (κ3) is 3.53. The predicted octanol–water partition coefficient (Wildman–Crippen LogP) is 8.42. The SMILES string of the molecule is C=C(CCC)C1(C)C2C[C@H](CC3CC(C)C[C@H]3C)CC2C1c1ccccc1CC. The molecule has 0 heterocycles. The van der Waals surface area contributed by atoms with Crippen LogP contribution in [0.2, 0.25) is 0 Å². The summed E-state index contributed by atoms with van der Waals surface area (Å²) in [6.45, 7) is 16.9. The minimum Gasteiger partial charge on any atom is -0.0993 e. The van der Waals surface area contributed by atoms with Crippen LogP contribution in [-0.4, -0.2) is 0 Å². The summed E-state index contributed by atoms with van der Waals surface area (Å²) < 4.78 is 0. The molecule has 8 atom stereocenters. The molecule has 3 fully saturated rings. The van der Waals surface area contributed by atoms with Crippen molar-refractivity contribution in [2.75, 3.05) is 0 Å². The zero-order valence-corrected chi connectivity index (χ0v) is 19.7. The van der Waals surface area contributed by atoms with Gasteiger partial charge in [0.05, 0.1) is 0 Å². The van der Waals surface area contributed by atoms with Gasteiger partial charge in [-0.2, -0.15) is 0 Å². The Hall–Kier alpha value is -1.04. The maximum atomic E-state index is 4.68. The van der Waals surface area contributed by atoms with Gasteiger partial charge in [-0.15, -0.1) is 0 Å². The van der Waals surface area contributed by atoms with Crippen LogP contribution in [-0.2, 0) is 6.42 Å². The monoisotopic (exact) mass is 392 g/mol. The second-order valence-electron chi connectivity index (χ2n) is 11.3. The Bertz CT molecular complexity index is 729. The highest BCUT2D eigenvalue weighted by atomic mass is 14.7.